The first-order chi connectivity index (χ1) is 9.40. The molecule has 7 nitrogen and oxygen atoms in total. The van der Waals surface area contributed by atoms with E-state index in [1.807, 2.05) is 0 Å². The Hall–Kier alpha value is -2.36. The zero-order chi connectivity index (χ0) is 14.9. The van der Waals surface area contributed by atoms with Crippen LogP contribution in [0.2, 0.25) is 0 Å². The number of aromatic nitrogens is 2. The van der Waals surface area contributed by atoms with Gasteiger partial charge in [0.15, 0.2) is 11.6 Å². The number of anilines is 3. The van der Waals surface area contributed by atoms with E-state index in [1.54, 1.807) is 0 Å². The highest BCUT2D eigenvalue weighted by Crippen LogP contribution is 2.32. The molecule has 3 N–H and O–H groups in total. The molecule has 1 aromatic carbocycles. The molecule has 10 heteroatoms. The summed E-state index contributed by atoms with van der Waals surface area (Å²) in [5.74, 6) is -2.69. The molecular weight excluding hydrogens is 340 g/mol. The number of nitrogens with zero attached hydrogens (tertiary/aromatic N) is 3. The van der Waals surface area contributed by atoms with Gasteiger partial charge in [-0.25, -0.2) is 18.7 Å². The van der Waals surface area contributed by atoms with Crippen molar-refractivity contribution in [2.45, 2.75) is 0 Å². The minimum atomic E-state index is -0.941. The van der Waals surface area contributed by atoms with Gasteiger partial charge in [0.05, 0.1) is 4.92 Å². The van der Waals surface area contributed by atoms with Crippen LogP contribution in [0.1, 0.15) is 0 Å². The van der Waals surface area contributed by atoms with E-state index < -0.39 is 39.6 Å². The number of nitro groups is 1. The minimum absolute atomic E-state index is 0.190. The molecule has 0 bridgehead atoms. The van der Waals surface area contributed by atoms with Crippen molar-refractivity contribution in [3.05, 3.63) is 44.7 Å². The molecule has 0 saturated carbocycles. The maximum Gasteiger partial charge on any atom is 0.353 e. The third-order valence-electron chi connectivity index (χ3n) is 2.28. The lowest BCUT2D eigenvalue weighted by Crippen LogP contribution is -2.06. The van der Waals surface area contributed by atoms with Crippen molar-refractivity contribution in [2.75, 3.05) is 11.1 Å². The average Bonchev–Trinajstić information content (AvgIpc) is 2.33. The topological polar surface area (TPSA) is 107 Å². The van der Waals surface area contributed by atoms with Crippen molar-refractivity contribution in [1.29, 1.82) is 0 Å². The third-order valence-corrected chi connectivity index (χ3v) is 2.74. The summed E-state index contributed by atoms with van der Waals surface area (Å²) in [6.45, 7) is 0. The molecule has 0 saturated heterocycles. The van der Waals surface area contributed by atoms with Gasteiger partial charge >= 0.3 is 5.69 Å². The molecule has 2 aromatic rings. The fourth-order valence-corrected chi connectivity index (χ4v) is 1.85. The van der Waals surface area contributed by atoms with Crippen LogP contribution in [0.4, 0.5) is 31.8 Å². The lowest BCUT2D eigenvalue weighted by atomic mass is 10.3. The quantitative estimate of drug-likeness (QED) is 0.654. The van der Waals surface area contributed by atoms with Gasteiger partial charge in [-0.15, -0.1) is 0 Å². The fraction of sp³-hybridized carbons (Fsp3) is 0. The van der Waals surface area contributed by atoms with E-state index in [9.17, 15) is 18.9 Å². The van der Waals surface area contributed by atoms with Gasteiger partial charge in [-0.2, -0.15) is 0 Å². The van der Waals surface area contributed by atoms with E-state index in [-0.39, 0.29) is 4.47 Å². The van der Waals surface area contributed by atoms with Crippen molar-refractivity contribution < 1.29 is 13.7 Å². The van der Waals surface area contributed by atoms with Crippen LogP contribution < -0.4 is 11.1 Å². The molecule has 104 valence electrons. The monoisotopic (exact) mass is 345 g/mol. The molecule has 20 heavy (non-hydrogen) atoms. The highest BCUT2D eigenvalue weighted by molar-refractivity contribution is 9.10. The van der Waals surface area contributed by atoms with Crippen molar-refractivity contribution in [3.63, 3.8) is 0 Å². The van der Waals surface area contributed by atoms with Crippen LogP contribution in [0.25, 0.3) is 0 Å². The Morgan fingerprint density at radius 2 is 1.90 bits per heavy atom. The van der Waals surface area contributed by atoms with Crippen molar-refractivity contribution in [3.8, 4) is 0 Å². The van der Waals surface area contributed by atoms with E-state index in [1.165, 1.54) is 0 Å². The summed E-state index contributed by atoms with van der Waals surface area (Å²) in [5, 5.41) is 13.1. The highest BCUT2D eigenvalue weighted by atomic mass is 79.9. The highest BCUT2D eigenvalue weighted by Gasteiger charge is 2.23. The summed E-state index contributed by atoms with van der Waals surface area (Å²) in [6, 6.07) is 2.00. The number of nitrogen functional groups attached to an aromatic ring is 1. The van der Waals surface area contributed by atoms with E-state index >= 15 is 0 Å². The predicted molar refractivity (Wildman–Crippen MR) is 70.4 cm³/mol. The van der Waals surface area contributed by atoms with Crippen LogP contribution in [-0.4, -0.2) is 14.9 Å². The molecule has 0 aliphatic carbocycles. The van der Waals surface area contributed by atoms with Gasteiger partial charge in [0.1, 0.15) is 12.0 Å². The zero-order valence-corrected chi connectivity index (χ0v) is 11.2. The summed E-state index contributed by atoms with van der Waals surface area (Å²) in [4.78, 5) is 17.0. The number of rotatable bonds is 3. The van der Waals surface area contributed by atoms with Crippen LogP contribution in [0.15, 0.2) is 22.9 Å². The number of halogens is 3. The van der Waals surface area contributed by atoms with Crippen LogP contribution in [0.5, 0.6) is 0 Å². The van der Waals surface area contributed by atoms with E-state index in [2.05, 4.69) is 31.2 Å². The first kappa shape index (κ1) is 14.1. The van der Waals surface area contributed by atoms with Crippen LogP contribution in [0, 0.1) is 21.7 Å². The fourth-order valence-electron chi connectivity index (χ4n) is 1.44. The Bertz CT molecular complexity index is 674. The molecule has 0 aliphatic rings. The van der Waals surface area contributed by atoms with Gasteiger partial charge in [-0.3, -0.25) is 10.1 Å². The maximum absolute atomic E-state index is 13.7. The van der Waals surface area contributed by atoms with E-state index in [4.69, 9.17) is 5.73 Å². The Balaban J connectivity index is 2.51. The predicted octanol–water partition coefficient (Wildman–Crippen LogP) is 2.75. The smallest absolute Gasteiger partial charge is 0.353 e. The number of hydrogen-bond donors (Lipinski definition) is 2. The molecule has 0 unspecified atom stereocenters. The van der Waals surface area contributed by atoms with E-state index in [0.29, 0.717) is 0 Å². The Morgan fingerprint density at radius 1 is 1.30 bits per heavy atom. The Labute approximate surface area is 119 Å². The number of hydrogen-bond acceptors (Lipinski definition) is 6. The van der Waals surface area contributed by atoms with Crippen molar-refractivity contribution in [2.24, 2.45) is 0 Å². The zero-order valence-electron chi connectivity index (χ0n) is 9.60. The minimum Gasteiger partial charge on any atom is -0.378 e. The first-order valence-electron chi connectivity index (χ1n) is 5.06. The molecule has 0 fully saturated rings. The second kappa shape index (κ2) is 5.33. The summed E-state index contributed by atoms with van der Waals surface area (Å²) in [5.41, 5.74) is 4.12. The SMILES string of the molecule is Nc1ncnc(Nc2c(F)cc(Br)cc2F)c1[N+](=O)[O-]. The van der Waals surface area contributed by atoms with Crippen LogP contribution in [0.3, 0.4) is 0 Å². The summed E-state index contributed by atoms with van der Waals surface area (Å²) in [7, 11) is 0. The normalized spacial score (nSPS) is 10.3. The summed E-state index contributed by atoms with van der Waals surface area (Å²) >= 11 is 2.92. The Morgan fingerprint density at radius 3 is 2.45 bits per heavy atom. The number of nitrogens with two attached hydrogens (primary N) is 1. The van der Waals surface area contributed by atoms with E-state index in [0.717, 1.165) is 18.5 Å². The van der Waals surface area contributed by atoms with Crippen molar-refractivity contribution in [1.82, 2.24) is 9.97 Å². The molecule has 0 spiro atoms. The largest absolute Gasteiger partial charge is 0.378 e. The molecule has 0 amide bonds. The lowest BCUT2D eigenvalue weighted by Gasteiger charge is -2.09. The molecule has 1 heterocycles. The first-order valence-corrected chi connectivity index (χ1v) is 5.86. The molecule has 0 aliphatic heterocycles. The second-order valence-corrected chi connectivity index (χ2v) is 4.50. The number of benzene rings is 1. The van der Waals surface area contributed by atoms with Gasteiger partial charge in [0, 0.05) is 4.47 Å². The summed E-state index contributed by atoms with van der Waals surface area (Å²) < 4.78 is 27.5. The van der Waals surface area contributed by atoms with Gasteiger partial charge in [0.25, 0.3) is 0 Å². The summed E-state index contributed by atoms with van der Waals surface area (Å²) in [6.07, 6.45) is 0.944. The van der Waals surface area contributed by atoms with Crippen LogP contribution >= 0.6 is 15.9 Å². The second-order valence-electron chi connectivity index (χ2n) is 3.58. The van der Waals surface area contributed by atoms with Crippen LogP contribution in [-0.2, 0) is 0 Å². The van der Waals surface area contributed by atoms with Gasteiger partial charge in [0.2, 0.25) is 11.6 Å². The molecule has 2 rings (SSSR count). The van der Waals surface area contributed by atoms with Gasteiger partial charge in [-0.1, -0.05) is 15.9 Å². The molecule has 1 aromatic heterocycles. The molecular formula is C10H6BrF2N5O2. The molecule has 0 radical (unpaired) electrons. The average molecular weight is 346 g/mol. The van der Waals surface area contributed by atoms with Gasteiger partial charge < -0.3 is 11.1 Å². The number of nitrogens with one attached hydrogen (secondary N) is 1. The lowest BCUT2D eigenvalue weighted by molar-refractivity contribution is -0.383. The molecule has 0 atom stereocenters. The van der Waals surface area contributed by atoms with Crippen molar-refractivity contribution >= 4 is 38.9 Å². The third kappa shape index (κ3) is 2.64. The standard InChI is InChI=1S/C10H6BrF2N5O2/c11-4-1-5(12)7(6(13)2-4)17-10-8(18(19)20)9(14)15-3-16-10/h1-3H,(H3,14,15,16,17). The Kier molecular flexibility index (Phi) is 3.74. The maximum atomic E-state index is 13.7. The van der Waals surface area contributed by atoms with Gasteiger partial charge in [-0.05, 0) is 12.1 Å².